The molecule has 98 valence electrons. The number of nitrogens with two attached hydrogens (primary N) is 1. The second-order valence-corrected chi connectivity index (χ2v) is 4.37. The van der Waals surface area contributed by atoms with Crippen molar-refractivity contribution in [1.29, 1.82) is 0 Å². The van der Waals surface area contributed by atoms with Gasteiger partial charge in [0.15, 0.2) is 0 Å². The Kier molecular flexibility index (Phi) is 5.37. The van der Waals surface area contributed by atoms with Gasteiger partial charge < -0.3 is 11.1 Å². The van der Waals surface area contributed by atoms with Crippen molar-refractivity contribution in [3.8, 4) is 0 Å². The minimum Gasteiger partial charge on any atom is -0.401 e. The molecule has 0 spiro atoms. The fourth-order valence-corrected chi connectivity index (χ4v) is 1.71. The van der Waals surface area contributed by atoms with Gasteiger partial charge in [0, 0.05) is 31.0 Å². The summed E-state index contributed by atoms with van der Waals surface area (Å²) in [5.41, 5.74) is 8.79. The number of nitrogens with zero attached hydrogens (tertiary/aromatic N) is 3. The van der Waals surface area contributed by atoms with Crippen LogP contribution in [0.2, 0.25) is 10.4 Å². The smallest absolute Gasteiger partial charge is 0.223 e. The number of aliphatic imine (C=N–C) groups is 1. The second-order valence-electron chi connectivity index (χ2n) is 3.68. The summed E-state index contributed by atoms with van der Waals surface area (Å²) in [5.74, 6) is 0. The highest BCUT2D eigenvalue weighted by molar-refractivity contribution is 6.32. The third-order valence-electron chi connectivity index (χ3n) is 2.33. The molecule has 0 aliphatic rings. The zero-order valence-corrected chi connectivity index (χ0v) is 12.0. The van der Waals surface area contributed by atoms with Crippen molar-refractivity contribution >= 4 is 28.9 Å². The van der Waals surface area contributed by atoms with Gasteiger partial charge >= 0.3 is 0 Å². The Morgan fingerprint density at radius 2 is 2.11 bits per heavy atom. The van der Waals surface area contributed by atoms with Crippen molar-refractivity contribution < 1.29 is 0 Å². The van der Waals surface area contributed by atoms with Gasteiger partial charge in [-0.1, -0.05) is 11.6 Å². The van der Waals surface area contributed by atoms with Crippen LogP contribution in [0.15, 0.2) is 22.6 Å². The molecular weight excluding hydrogens is 273 g/mol. The van der Waals surface area contributed by atoms with Gasteiger partial charge in [-0.15, -0.1) is 0 Å². The molecule has 0 aromatic carbocycles. The van der Waals surface area contributed by atoms with Crippen LogP contribution in [0.1, 0.15) is 19.4 Å². The largest absolute Gasteiger partial charge is 0.401 e. The summed E-state index contributed by atoms with van der Waals surface area (Å²) in [4.78, 5) is 11.8. The van der Waals surface area contributed by atoms with E-state index in [1.54, 1.807) is 20.2 Å². The zero-order chi connectivity index (χ0) is 13.7. The van der Waals surface area contributed by atoms with Crippen LogP contribution in [-0.2, 0) is 6.54 Å². The van der Waals surface area contributed by atoms with E-state index < -0.39 is 0 Å². The normalized spacial score (nSPS) is 13.3. The van der Waals surface area contributed by atoms with Crippen LogP contribution >= 0.6 is 23.2 Å². The number of halogens is 2. The highest BCUT2D eigenvalue weighted by atomic mass is 35.5. The molecule has 1 aromatic rings. The molecule has 3 N–H and O–H groups in total. The summed E-state index contributed by atoms with van der Waals surface area (Å²) < 4.78 is 0. The Bertz CT molecular complexity index is 492. The lowest BCUT2D eigenvalue weighted by Crippen LogP contribution is -2.23. The Balaban J connectivity index is 2.84. The van der Waals surface area contributed by atoms with Gasteiger partial charge in [0.2, 0.25) is 5.28 Å². The average molecular weight is 288 g/mol. The second kappa shape index (κ2) is 6.56. The quantitative estimate of drug-likeness (QED) is 0.505. The van der Waals surface area contributed by atoms with Crippen molar-refractivity contribution in [2.24, 2.45) is 10.7 Å². The van der Waals surface area contributed by atoms with E-state index in [4.69, 9.17) is 28.9 Å². The Hall–Kier alpha value is -1.33. The molecule has 1 rings (SSSR count). The van der Waals surface area contributed by atoms with E-state index >= 15 is 0 Å². The lowest BCUT2D eigenvalue weighted by atomic mass is 10.2. The van der Waals surface area contributed by atoms with E-state index in [1.165, 1.54) is 0 Å². The molecule has 0 bridgehead atoms. The summed E-state index contributed by atoms with van der Waals surface area (Å²) in [7, 11) is 1.71. The number of aromatic nitrogens is 2. The van der Waals surface area contributed by atoms with E-state index in [2.05, 4.69) is 20.3 Å². The molecule has 7 heteroatoms. The third kappa shape index (κ3) is 3.85. The van der Waals surface area contributed by atoms with Gasteiger partial charge in [-0.3, -0.25) is 4.99 Å². The minimum absolute atomic E-state index is 0.126. The Morgan fingerprint density at radius 1 is 1.44 bits per heavy atom. The Labute approximate surface area is 116 Å². The zero-order valence-electron chi connectivity index (χ0n) is 10.5. The summed E-state index contributed by atoms with van der Waals surface area (Å²) >= 11 is 11.6. The highest BCUT2D eigenvalue weighted by Crippen LogP contribution is 2.14. The summed E-state index contributed by atoms with van der Waals surface area (Å²) in [5, 5.41) is 3.61. The van der Waals surface area contributed by atoms with E-state index in [-0.39, 0.29) is 5.28 Å². The van der Waals surface area contributed by atoms with Crippen LogP contribution < -0.4 is 11.1 Å². The van der Waals surface area contributed by atoms with Crippen molar-refractivity contribution in [2.45, 2.75) is 20.4 Å². The van der Waals surface area contributed by atoms with Gasteiger partial charge in [0.05, 0.1) is 11.4 Å². The first-order valence-electron chi connectivity index (χ1n) is 5.26. The van der Waals surface area contributed by atoms with Crippen molar-refractivity contribution in [3.05, 3.63) is 33.6 Å². The molecule has 5 nitrogen and oxygen atoms in total. The standard InChI is InChI=1S/C11H15Cl2N5/c1-6(14)9(7(2)15-3)16-4-8-5-17-11(13)18-10(8)12/h5,16H,4,14H2,1-3H3. The molecule has 0 fully saturated rings. The molecule has 0 amide bonds. The number of hydrogen-bond donors (Lipinski definition) is 2. The van der Waals surface area contributed by atoms with Crippen molar-refractivity contribution in [3.63, 3.8) is 0 Å². The molecule has 0 radical (unpaired) electrons. The average Bonchev–Trinajstić information content (AvgIpc) is 2.31. The first-order valence-corrected chi connectivity index (χ1v) is 6.02. The SMILES string of the molecule is CN=C(C)C(NCc1cnc(Cl)nc1Cl)=C(C)N. The van der Waals surface area contributed by atoms with E-state index in [0.717, 1.165) is 17.0 Å². The molecule has 18 heavy (non-hydrogen) atoms. The molecule has 0 aliphatic heterocycles. The first-order chi connectivity index (χ1) is 8.45. The monoisotopic (exact) mass is 287 g/mol. The van der Waals surface area contributed by atoms with E-state index in [9.17, 15) is 0 Å². The molecule has 0 aliphatic carbocycles. The van der Waals surface area contributed by atoms with Crippen LogP contribution in [0.25, 0.3) is 0 Å². The summed E-state index contributed by atoms with van der Waals surface area (Å²) in [6.07, 6.45) is 1.58. The van der Waals surface area contributed by atoms with E-state index in [0.29, 0.717) is 17.4 Å². The maximum absolute atomic E-state index is 5.95. The van der Waals surface area contributed by atoms with Crippen LogP contribution in [0, 0.1) is 0 Å². The fraction of sp³-hybridized carbons (Fsp3) is 0.364. The molecule has 0 saturated heterocycles. The molecule has 1 aromatic heterocycles. The van der Waals surface area contributed by atoms with Gasteiger partial charge in [0.25, 0.3) is 0 Å². The predicted octanol–water partition coefficient (Wildman–Crippen LogP) is 2.15. The highest BCUT2D eigenvalue weighted by Gasteiger charge is 2.07. The third-order valence-corrected chi connectivity index (χ3v) is 2.84. The summed E-state index contributed by atoms with van der Waals surface area (Å²) in [6.45, 7) is 4.13. The lowest BCUT2D eigenvalue weighted by Gasteiger charge is -2.12. The maximum Gasteiger partial charge on any atom is 0.223 e. The van der Waals surface area contributed by atoms with Crippen LogP contribution in [-0.4, -0.2) is 22.7 Å². The van der Waals surface area contributed by atoms with Crippen LogP contribution in [0.5, 0.6) is 0 Å². The predicted molar refractivity (Wildman–Crippen MR) is 74.8 cm³/mol. The molecule has 1 heterocycles. The van der Waals surface area contributed by atoms with Crippen LogP contribution in [0.3, 0.4) is 0 Å². The molecule has 0 saturated carbocycles. The van der Waals surface area contributed by atoms with Gasteiger partial charge in [0.1, 0.15) is 5.15 Å². The molecule has 0 atom stereocenters. The van der Waals surface area contributed by atoms with Gasteiger partial charge in [-0.25, -0.2) is 9.97 Å². The Morgan fingerprint density at radius 3 is 2.61 bits per heavy atom. The van der Waals surface area contributed by atoms with Gasteiger partial charge in [-0.05, 0) is 25.4 Å². The topological polar surface area (TPSA) is 76.2 Å². The van der Waals surface area contributed by atoms with Gasteiger partial charge in [-0.2, -0.15) is 0 Å². The summed E-state index contributed by atoms with van der Waals surface area (Å²) in [6, 6.07) is 0. The number of hydrogen-bond acceptors (Lipinski definition) is 5. The first kappa shape index (κ1) is 14.7. The number of allylic oxidation sites excluding steroid dienone is 2. The molecular formula is C11H15Cl2N5. The minimum atomic E-state index is 0.126. The lowest BCUT2D eigenvalue weighted by molar-refractivity contribution is 0.816. The number of nitrogens with one attached hydrogen (secondary N) is 1. The van der Waals surface area contributed by atoms with Crippen molar-refractivity contribution in [2.75, 3.05) is 7.05 Å². The van der Waals surface area contributed by atoms with E-state index in [1.807, 2.05) is 6.92 Å². The van der Waals surface area contributed by atoms with Crippen molar-refractivity contribution in [1.82, 2.24) is 15.3 Å². The maximum atomic E-state index is 5.95. The fourth-order valence-electron chi connectivity index (χ4n) is 1.33. The molecule has 0 unspecified atom stereocenters. The van der Waals surface area contributed by atoms with Crippen LogP contribution in [0.4, 0.5) is 0 Å². The number of rotatable bonds is 4.